The minimum Gasteiger partial charge on any atom is -0.481 e. The fourth-order valence-electron chi connectivity index (χ4n) is 0.711. The number of methoxy groups -OCH3 is 1. The van der Waals surface area contributed by atoms with Gasteiger partial charge in [0.2, 0.25) is 5.88 Å². The fraction of sp³-hybridized carbons (Fsp3) is 0.143. The molecule has 0 fully saturated rings. The lowest BCUT2D eigenvalue weighted by atomic mass is 10.3. The van der Waals surface area contributed by atoms with E-state index in [4.69, 9.17) is 5.73 Å². The number of primary amides is 1. The number of aromatic nitrogens is 1. The van der Waals surface area contributed by atoms with E-state index in [2.05, 4.69) is 9.72 Å². The Morgan fingerprint density at radius 2 is 2.33 bits per heavy atom. The summed E-state index contributed by atoms with van der Waals surface area (Å²) in [6.07, 6.45) is 0. The van der Waals surface area contributed by atoms with E-state index >= 15 is 0 Å². The maximum Gasteiger partial charge on any atom is 0.270 e. The molecule has 1 heterocycles. The normalized spacial score (nSPS) is 9.50. The van der Waals surface area contributed by atoms with Crippen LogP contribution in [0.4, 0.5) is 4.39 Å². The van der Waals surface area contributed by atoms with Crippen molar-refractivity contribution in [2.24, 2.45) is 5.73 Å². The zero-order valence-electron chi connectivity index (χ0n) is 6.37. The van der Waals surface area contributed by atoms with E-state index in [1.54, 1.807) is 0 Å². The van der Waals surface area contributed by atoms with Gasteiger partial charge in [0, 0.05) is 6.07 Å². The number of nitrogens with zero attached hydrogens (tertiary/aromatic N) is 1. The third-order valence-corrected chi connectivity index (χ3v) is 1.26. The van der Waals surface area contributed by atoms with Crippen LogP contribution in [0.1, 0.15) is 10.5 Å². The van der Waals surface area contributed by atoms with Gasteiger partial charge in [0.1, 0.15) is 0 Å². The Kier molecular flexibility index (Phi) is 2.23. The number of hydrogen-bond acceptors (Lipinski definition) is 3. The molecule has 0 aromatic carbocycles. The van der Waals surface area contributed by atoms with E-state index in [9.17, 15) is 9.18 Å². The maximum absolute atomic E-state index is 12.7. The third-order valence-electron chi connectivity index (χ3n) is 1.26. The van der Waals surface area contributed by atoms with Gasteiger partial charge >= 0.3 is 0 Å². The number of ether oxygens (including phenoxy) is 1. The molecule has 0 radical (unpaired) electrons. The molecule has 64 valence electrons. The topological polar surface area (TPSA) is 65.2 Å². The highest BCUT2D eigenvalue weighted by molar-refractivity contribution is 5.91. The Morgan fingerprint density at radius 1 is 1.67 bits per heavy atom. The number of carbonyl (C=O) groups is 1. The number of hydrogen-bond donors (Lipinski definition) is 1. The summed E-state index contributed by atoms with van der Waals surface area (Å²) < 4.78 is 17.4. The van der Waals surface area contributed by atoms with Crippen molar-refractivity contribution in [3.8, 4) is 5.88 Å². The lowest BCUT2D eigenvalue weighted by molar-refractivity contribution is 0.0990. The van der Waals surface area contributed by atoms with Crippen LogP contribution in [-0.4, -0.2) is 18.0 Å². The second-order valence-electron chi connectivity index (χ2n) is 2.05. The van der Waals surface area contributed by atoms with Crippen LogP contribution < -0.4 is 10.5 Å². The fourth-order valence-corrected chi connectivity index (χ4v) is 0.711. The summed E-state index contributed by atoms with van der Waals surface area (Å²) in [5.41, 5.74) is 4.43. The van der Waals surface area contributed by atoms with Crippen molar-refractivity contribution in [1.82, 2.24) is 4.98 Å². The van der Waals surface area contributed by atoms with Crippen LogP contribution in [0.2, 0.25) is 0 Å². The van der Waals surface area contributed by atoms with Gasteiger partial charge in [-0.15, -0.1) is 0 Å². The zero-order chi connectivity index (χ0) is 9.14. The lowest BCUT2D eigenvalue weighted by Gasteiger charge is -2.00. The molecule has 1 aromatic heterocycles. The minimum absolute atomic E-state index is 0.158. The van der Waals surface area contributed by atoms with Crippen molar-refractivity contribution in [3.05, 3.63) is 23.6 Å². The van der Waals surface area contributed by atoms with Crippen molar-refractivity contribution in [1.29, 1.82) is 0 Å². The highest BCUT2D eigenvalue weighted by Crippen LogP contribution is 2.10. The molecule has 5 heteroatoms. The number of nitrogens with two attached hydrogens (primary N) is 1. The Morgan fingerprint density at radius 3 is 2.83 bits per heavy atom. The summed E-state index contributed by atoms with van der Waals surface area (Å²) in [5, 5.41) is 0. The summed E-state index contributed by atoms with van der Waals surface area (Å²) in [6.45, 7) is 0. The molecule has 12 heavy (non-hydrogen) atoms. The van der Waals surface area contributed by atoms with E-state index in [-0.39, 0.29) is 5.88 Å². The molecule has 1 aromatic rings. The molecule has 0 aliphatic rings. The second-order valence-corrected chi connectivity index (χ2v) is 2.05. The van der Waals surface area contributed by atoms with Gasteiger partial charge in [-0.3, -0.25) is 4.79 Å². The van der Waals surface area contributed by atoms with Gasteiger partial charge in [-0.25, -0.2) is 9.37 Å². The van der Waals surface area contributed by atoms with Gasteiger partial charge in [0.15, 0.2) is 11.5 Å². The van der Waals surface area contributed by atoms with Crippen LogP contribution in [0.25, 0.3) is 0 Å². The molecule has 0 aliphatic heterocycles. The standard InChI is InChI=1S/C7H7FN2O2/c1-12-5-3-2-4(8)6(10-5)7(9)11/h2-3H,1H3,(H2,9,11). The summed E-state index contributed by atoms with van der Waals surface area (Å²) in [5.74, 6) is -1.50. The van der Waals surface area contributed by atoms with Crippen molar-refractivity contribution >= 4 is 5.91 Å². The van der Waals surface area contributed by atoms with Crippen LogP contribution >= 0.6 is 0 Å². The second kappa shape index (κ2) is 3.17. The van der Waals surface area contributed by atoms with Gasteiger partial charge in [-0.1, -0.05) is 0 Å². The number of halogens is 1. The number of pyridine rings is 1. The predicted octanol–water partition coefficient (Wildman–Crippen LogP) is 0.328. The van der Waals surface area contributed by atoms with E-state index in [0.717, 1.165) is 6.07 Å². The van der Waals surface area contributed by atoms with Gasteiger partial charge in [-0.2, -0.15) is 0 Å². The van der Waals surface area contributed by atoms with Crippen LogP contribution in [0.3, 0.4) is 0 Å². The average Bonchev–Trinajstić information content (AvgIpc) is 2.05. The molecular weight excluding hydrogens is 163 g/mol. The molecule has 0 atom stereocenters. The van der Waals surface area contributed by atoms with Gasteiger partial charge in [0.05, 0.1) is 7.11 Å². The molecule has 0 saturated heterocycles. The monoisotopic (exact) mass is 170 g/mol. The van der Waals surface area contributed by atoms with Crippen LogP contribution in [0.15, 0.2) is 12.1 Å². The van der Waals surface area contributed by atoms with Crippen molar-refractivity contribution < 1.29 is 13.9 Å². The summed E-state index contributed by atoms with van der Waals surface area (Å²) in [4.78, 5) is 14.1. The largest absolute Gasteiger partial charge is 0.481 e. The van der Waals surface area contributed by atoms with Crippen molar-refractivity contribution in [2.45, 2.75) is 0 Å². The number of amides is 1. The molecule has 0 unspecified atom stereocenters. The smallest absolute Gasteiger partial charge is 0.270 e. The van der Waals surface area contributed by atoms with E-state index < -0.39 is 17.4 Å². The predicted molar refractivity (Wildman–Crippen MR) is 39.3 cm³/mol. The Labute approximate surface area is 68.2 Å². The van der Waals surface area contributed by atoms with Gasteiger partial charge < -0.3 is 10.5 Å². The molecule has 0 aliphatic carbocycles. The number of carbonyl (C=O) groups excluding carboxylic acids is 1. The van der Waals surface area contributed by atoms with Crippen LogP contribution in [0, 0.1) is 5.82 Å². The lowest BCUT2D eigenvalue weighted by Crippen LogP contribution is -2.15. The zero-order valence-corrected chi connectivity index (χ0v) is 6.37. The van der Waals surface area contributed by atoms with Crippen molar-refractivity contribution in [3.63, 3.8) is 0 Å². The molecular formula is C7H7FN2O2. The molecule has 4 nitrogen and oxygen atoms in total. The molecule has 2 N–H and O–H groups in total. The quantitative estimate of drug-likeness (QED) is 0.695. The Balaban J connectivity index is 3.17. The maximum atomic E-state index is 12.7. The first-order chi connectivity index (χ1) is 5.65. The SMILES string of the molecule is COc1ccc(F)c(C(N)=O)n1. The molecule has 0 spiro atoms. The number of rotatable bonds is 2. The first kappa shape index (κ1) is 8.45. The third kappa shape index (κ3) is 1.50. The van der Waals surface area contributed by atoms with Crippen LogP contribution in [-0.2, 0) is 0 Å². The van der Waals surface area contributed by atoms with E-state index in [1.165, 1.54) is 13.2 Å². The highest BCUT2D eigenvalue weighted by Gasteiger charge is 2.10. The summed E-state index contributed by atoms with van der Waals surface area (Å²) in [7, 11) is 1.37. The molecule has 0 bridgehead atoms. The van der Waals surface area contributed by atoms with Gasteiger partial charge in [-0.05, 0) is 6.07 Å². The summed E-state index contributed by atoms with van der Waals surface area (Å²) in [6, 6.07) is 2.38. The highest BCUT2D eigenvalue weighted by atomic mass is 19.1. The first-order valence-corrected chi connectivity index (χ1v) is 3.15. The molecule has 1 amide bonds. The van der Waals surface area contributed by atoms with Gasteiger partial charge in [0.25, 0.3) is 5.91 Å². The van der Waals surface area contributed by atoms with E-state index in [1.807, 2.05) is 0 Å². The van der Waals surface area contributed by atoms with E-state index in [0.29, 0.717) is 0 Å². The Bertz CT molecular complexity index is 314. The van der Waals surface area contributed by atoms with Crippen LogP contribution in [0.5, 0.6) is 5.88 Å². The minimum atomic E-state index is -0.911. The first-order valence-electron chi connectivity index (χ1n) is 3.15. The molecule has 0 saturated carbocycles. The van der Waals surface area contributed by atoms with Crippen molar-refractivity contribution in [2.75, 3.05) is 7.11 Å². The Hall–Kier alpha value is -1.65. The average molecular weight is 170 g/mol. The summed E-state index contributed by atoms with van der Waals surface area (Å²) >= 11 is 0. The molecule has 1 rings (SSSR count).